The molecule has 0 fully saturated rings. The number of aliphatic hydroxyl groups excluding tert-OH is 1. The molecule has 0 amide bonds. The van der Waals surface area contributed by atoms with Gasteiger partial charge in [-0.2, -0.15) is 0 Å². The van der Waals surface area contributed by atoms with E-state index in [0.717, 1.165) is 19.0 Å². The molecule has 0 aliphatic heterocycles. The maximum atomic E-state index is 9.91. The summed E-state index contributed by atoms with van der Waals surface area (Å²) in [5.41, 5.74) is 0. The van der Waals surface area contributed by atoms with Crippen LogP contribution < -0.4 is 0 Å². The number of hydrogen-bond donors (Lipinski definition) is 1. The van der Waals surface area contributed by atoms with Crippen LogP contribution in [0.25, 0.3) is 0 Å². The molecular weight excluding hydrogens is 669 g/mol. The summed E-state index contributed by atoms with van der Waals surface area (Å²) in [5.74, 6) is 0.987. The van der Waals surface area contributed by atoms with Crippen molar-refractivity contribution in [2.24, 2.45) is 5.92 Å². The fraction of sp³-hybridized carbons (Fsp3) is 1.00. The van der Waals surface area contributed by atoms with Crippen LogP contribution in [-0.2, 0) is 0 Å². The number of hydrogen-bond acceptors (Lipinski definition) is 3. The summed E-state index contributed by atoms with van der Waals surface area (Å²) in [6, 6.07) is 0. The lowest BCUT2D eigenvalue weighted by Crippen LogP contribution is -2.38. The highest BCUT2D eigenvalue weighted by Gasteiger charge is 2.11. The van der Waals surface area contributed by atoms with Gasteiger partial charge in [0.1, 0.15) is 0 Å². The van der Waals surface area contributed by atoms with Crippen LogP contribution in [0.1, 0.15) is 285 Å². The van der Waals surface area contributed by atoms with E-state index in [9.17, 15) is 5.11 Å². The van der Waals surface area contributed by atoms with Crippen molar-refractivity contribution in [2.75, 3.05) is 45.9 Å². The zero-order valence-corrected chi connectivity index (χ0v) is 39.2. The molecule has 0 spiro atoms. The summed E-state index contributed by atoms with van der Waals surface area (Å²) in [7, 11) is 0. The molecule has 0 unspecified atom stereocenters. The van der Waals surface area contributed by atoms with Crippen LogP contribution in [0.3, 0.4) is 0 Å². The van der Waals surface area contributed by atoms with Crippen LogP contribution in [0.5, 0.6) is 0 Å². The average Bonchev–Trinajstić information content (AvgIpc) is 3.19. The van der Waals surface area contributed by atoms with Crippen LogP contribution in [-0.4, -0.2) is 60.8 Å². The van der Waals surface area contributed by atoms with Gasteiger partial charge in [-0.1, -0.05) is 265 Å². The van der Waals surface area contributed by atoms with Crippen molar-refractivity contribution < 1.29 is 5.11 Å². The molecule has 0 aromatic carbocycles. The molecule has 3 nitrogen and oxygen atoms in total. The molecule has 0 bridgehead atoms. The van der Waals surface area contributed by atoms with Gasteiger partial charge >= 0.3 is 0 Å². The topological polar surface area (TPSA) is 26.7 Å². The molecule has 0 aromatic rings. The highest BCUT2D eigenvalue weighted by Crippen LogP contribution is 2.25. The smallest absolute Gasteiger partial charge is 0.0558 e. The van der Waals surface area contributed by atoms with Gasteiger partial charge in [0.15, 0.2) is 0 Å². The number of nitrogens with zero attached hydrogens (tertiary/aromatic N) is 2. The molecule has 3 heteroatoms. The van der Waals surface area contributed by atoms with Crippen molar-refractivity contribution in [2.45, 2.75) is 285 Å². The van der Waals surface area contributed by atoms with E-state index in [0.29, 0.717) is 6.61 Å². The molecule has 0 aliphatic carbocycles. The minimum Gasteiger partial charge on any atom is -0.395 e. The molecule has 0 rings (SSSR count). The lowest BCUT2D eigenvalue weighted by atomic mass is 9.89. The molecule has 55 heavy (non-hydrogen) atoms. The fourth-order valence-corrected chi connectivity index (χ4v) is 8.90. The predicted molar refractivity (Wildman–Crippen MR) is 251 cm³/mol. The third-order valence-electron chi connectivity index (χ3n) is 12.8. The van der Waals surface area contributed by atoms with Crippen molar-refractivity contribution in [3.63, 3.8) is 0 Å². The fourth-order valence-electron chi connectivity index (χ4n) is 8.90. The quantitative estimate of drug-likeness (QED) is 0.0624. The highest BCUT2D eigenvalue weighted by atomic mass is 16.3. The second-order valence-electron chi connectivity index (χ2n) is 18.3. The van der Waals surface area contributed by atoms with E-state index in [1.807, 2.05) is 0 Å². The molecule has 0 aliphatic rings. The van der Waals surface area contributed by atoms with Crippen LogP contribution >= 0.6 is 0 Å². The third-order valence-corrected chi connectivity index (χ3v) is 12.8. The van der Waals surface area contributed by atoms with Crippen molar-refractivity contribution >= 4 is 0 Å². The SMILES string of the molecule is CCCCCCCCCCCCN(CCCCCCCCCCCC)CCN(CCO)CCCCCCCC(CCCCCCCC)CCCCCCCC. The van der Waals surface area contributed by atoms with E-state index in [1.165, 1.54) is 283 Å². The van der Waals surface area contributed by atoms with Gasteiger partial charge in [-0.3, -0.25) is 4.90 Å². The highest BCUT2D eigenvalue weighted by molar-refractivity contribution is 4.66. The summed E-state index contributed by atoms with van der Waals surface area (Å²) < 4.78 is 0. The second-order valence-corrected chi connectivity index (χ2v) is 18.3. The molecule has 0 aromatic heterocycles. The first kappa shape index (κ1) is 54.9. The normalized spacial score (nSPS) is 12.0. The molecular formula is C52H108N2O. The Balaban J connectivity index is 4.52. The Morgan fingerprint density at radius 2 is 0.473 bits per heavy atom. The second kappa shape index (κ2) is 48.3. The van der Waals surface area contributed by atoms with Gasteiger partial charge in [0, 0.05) is 19.6 Å². The number of aliphatic hydroxyl groups is 1. The molecule has 0 saturated carbocycles. The molecule has 332 valence electrons. The summed E-state index contributed by atoms with van der Waals surface area (Å²) in [6.45, 7) is 16.5. The molecule has 0 saturated heterocycles. The van der Waals surface area contributed by atoms with Gasteiger partial charge in [-0.05, 0) is 44.8 Å². The van der Waals surface area contributed by atoms with Crippen LogP contribution in [0.2, 0.25) is 0 Å². The minimum atomic E-state index is 0.301. The Bertz CT molecular complexity index is 630. The summed E-state index contributed by atoms with van der Waals surface area (Å²) in [5, 5.41) is 9.91. The maximum Gasteiger partial charge on any atom is 0.0558 e. The Labute approximate surface area is 350 Å². The first-order valence-electron chi connectivity index (χ1n) is 26.3. The van der Waals surface area contributed by atoms with Gasteiger partial charge in [-0.25, -0.2) is 0 Å². The van der Waals surface area contributed by atoms with E-state index in [4.69, 9.17) is 0 Å². The number of unbranched alkanes of at least 4 members (excludes halogenated alkanes) is 32. The van der Waals surface area contributed by atoms with Crippen LogP contribution in [0, 0.1) is 5.92 Å². The zero-order valence-electron chi connectivity index (χ0n) is 39.2. The first-order chi connectivity index (χ1) is 27.2. The van der Waals surface area contributed by atoms with Gasteiger partial charge in [-0.15, -0.1) is 0 Å². The minimum absolute atomic E-state index is 0.301. The Morgan fingerprint density at radius 3 is 0.727 bits per heavy atom. The molecule has 1 N–H and O–H groups in total. The van der Waals surface area contributed by atoms with Crippen LogP contribution in [0.15, 0.2) is 0 Å². The average molecular weight is 777 g/mol. The van der Waals surface area contributed by atoms with Crippen molar-refractivity contribution in [3.8, 4) is 0 Å². The van der Waals surface area contributed by atoms with E-state index in [-0.39, 0.29) is 0 Å². The maximum absolute atomic E-state index is 9.91. The van der Waals surface area contributed by atoms with Gasteiger partial charge in [0.25, 0.3) is 0 Å². The Morgan fingerprint density at radius 1 is 0.255 bits per heavy atom. The van der Waals surface area contributed by atoms with E-state index in [2.05, 4.69) is 37.5 Å². The van der Waals surface area contributed by atoms with Gasteiger partial charge in [0.2, 0.25) is 0 Å². The lowest BCUT2D eigenvalue weighted by Gasteiger charge is -2.27. The molecule has 0 radical (unpaired) electrons. The van der Waals surface area contributed by atoms with Gasteiger partial charge in [0.05, 0.1) is 6.61 Å². The number of rotatable bonds is 49. The van der Waals surface area contributed by atoms with Crippen molar-refractivity contribution in [1.29, 1.82) is 0 Å². The summed E-state index contributed by atoms with van der Waals surface area (Å²) in [4.78, 5) is 5.38. The summed E-state index contributed by atoms with van der Waals surface area (Å²) in [6.07, 6.45) is 57.1. The van der Waals surface area contributed by atoms with Crippen molar-refractivity contribution in [1.82, 2.24) is 9.80 Å². The van der Waals surface area contributed by atoms with E-state index in [1.54, 1.807) is 0 Å². The van der Waals surface area contributed by atoms with E-state index < -0.39 is 0 Å². The monoisotopic (exact) mass is 777 g/mol. The lowest BCUT2D eigenvalue weighted by molar-refractivity contribution is 0.163. The van der Waals surface area contributed by atoms with Crippen LogP contribution in [0.4, 0.5) is 0 Å². The van der Waals surface area contributed by atoms with E-state index >= 15 is 0 Å². The third kappa shape index (κ3) is 43.3. The van der Waals surface area contributed by atoms with Gasteiger partial charge < -0.3 is 10.0 Å². The molecule has 0 heterocycles. The predicted octanol–water partition coefficient (Wildman–Crippen LogP) is 16.9. The Kier molecular flexibility index (Phi) is 48.1. The Hall–Kier alpha value is -0.120. The summed E-state index contributed by atoms with van der Waals surface area (Å²) >= 11 is 0. The standard InChI is InChI=1S/C52H108N2O/c1-5-9-13-17-21-23-25-27-33-39-45-53(46-40-34-28-26-24-22-18-14-10-6-2)48-49-54(50-51-55)47-41-35-29-32-38-44-52(42-36-30-19-15-11-7-3)43-37-31-20-16-12-8-4/h52,55H,5-51H2,1-4H3. The van der Waals surface area contributed by atoms with Crippen molar-refractivity contribution in [3.05, 3.63) is 0 Å². The largest absolute Gasteiger partial charge is 0.395 e. The first-order valence-corrected chi connectivity index (χ1v) is 26.3. The zero-order chi connectivity index (χ0) is 40.0. The molecule has 0 atom stereocenters.